The van der Waals surface area contributed by atoms with E-state index in [0.717, 1.165) is 10.0 Å². The predicted molar refractivity (Wildman–Crippen MR) is 66.2 cm³/mol. The molecule has 2 nitrogen and oxygen atoms in total. The molecule has 0 aliphatic carbocycles. The second kappa shape index (κ2) is 4.94. The van der Waals surface area contributed by atoms with Crippen LogP contribution >= 0.6 is 15.9 Å². The number of allylic oxidation sites excluding steroid dienone is 1. The minimum Gasteiger partial charge on any atom is -0.461 e. The molecule has 0 N–H and O–H groups in total. The van der Waals surface area contributed by atoms with Gasteiger partial charge in [0.15, 0.2) is 5.76 Å². The second-order valence-corrected chi connectivity index (χ2v) is 4.05. The van der Waals surface area contributed by atoms with Crippen LogP contribution in [0.2, 0.25) is 0 Å². The van der Waals surface area contributed by atoms with Crippen molar-refractivity contribution in [1.82, 2.24) is 0 Å². The lowest BCUT2D eigenvalue weighted by Gasteiger charge is -1.95. The Morgan fingerprint density at radius 2 is 2.00 bits per heavy atom. The van der Waals surface area contributed by atoms with Crippen molar-refractivity contribution in [2.45, 2.75) is 0 Å². The first-order valence-electron chi connectivity index (χ1n) is 4.78. The molecule has 0 saturated heterocycles. The van der Waals surface area contributed by atoms with Crippen molar-refractivity contribution in [2.75, 3.05) is 0 Å². The monoisotopic (exact) mass is 276 g/mol. The summed E-state index contributed by atoms with van der Waals surface area (Å²) in [6.45, 7) is 0. The van der Waals surface area contributed by atoms with Crippen LogP contribution in [0, 0.1) is 0 Å². The number of hydrogen-bond acceptors (Lipinski definition) is 2. The summed E-state index contributed by atoms with van der Waals surface area (Å²) in [4.78, 5) is 11.6. The number of rotatable bonds is 3. The fraction of sp³-hybridized carbons (Fsp3) is 0. The highest BCUT2D eigenvalue weighted by Gasteiger charge is 2.03. The average molecular weight is 277 g/mol. The third-order valence-corrected chi connectivity index (χ3v) is 2.81. The van der Waals surface area contributed by atoms with Crippen LogP contribution in [0.3, 0.4) is 0 Å². The zero-order chi connectivity index (χ0) is 11.4. The molecule has 0 atom stereocenters. The molecule has 2 rings (SSSR count). The molecule has 3 heteroatoms. The van der Waals surface area contributed by atoms with Crippen molar-refractivity contribution < 1.29 is 9.21 Å². The van der Waals surface area contributed by atoms with Crippen LogP contribution in [0.1, 0.15) is 16.1 Å². The Morgan fingerprint density at radius 3 is 2.69 bits per heavy atom. The summed E-state index contributed by atoms with van der Waals surface area (Å²) in [5, 5.41) is 0. The average Bonchev–Trinajstić information content (AvgIpc) is 2.81. The topological polar surface area (TPSA) is 30.2 Å². The Balaban J connectivity index is 2.16. The largest absolute Gasteiger partial charge is 0.461 e. The molecule has 2 aromatic rings. The van der Waals surface area contributed by atoms with Crippen LogP contribution in [0.5, 0.6) is 0 Å². The molecule has 1 aromatic heterocycles. The second-order valence-electron chi connectivity index (χ2n) is 3.20. The highest BCUT2D eigenvalue weighted by Crippen LogP contribution is 2.17. The third kappa shape index (κ3) is 2.49. The molecule has 0 radical (unpaired) electrons. The van der Waals surface area contributed by atoms with Gasteiger partial charge in [0.2, 0.25) is 5.78 Å². The van der Waals surface area contributed by atoms with Crippen molar-refractivity contribution in [1.29, 1.82) is 0 Å². The minimum atomic E-state index is -0.138. The number of carbonyl (C=O) groups is 1. The van der Waals surface area contributed by atoms with E-state index in [1.54, 1.807) is 18.2 Å². The van der Waals surface area contributed by atoms with Gasteiger partial charge >= 0.3 is 0 Å². The van der Waals surface area contributed by atoms with Crippen LogP contribution in [0.25, 0.3) is 6.08 Å². The first-order valence-corrected chi connectivity index (χ1v) is 5.57. The zero-order valence-electron chi connectivity index (χ0n) is 8.39. The highest BCUT2D eigenvalue weighted by atomic mass is 79.9. The summed E-state index contributed by atoms with van der Waals surface area (Å²) in [6, 6.07) is 11.0. The lowest BCUT2D eigenvalue weighted by molar-refractivity contribution is 0.102. The molecule has 0 spiro atoms. The van der Waals surface area contributed by atoms with Gasteiger partial charge in [0.25, 0.3) is 0 Å². The van der Waals surface area contributed by atoms with E-state index in [-0.39, 0.29) is 5.78 Å². The number of ketones is 1. The van der Waals surface area contributed by atoms with Gasteiger partial charge in [0.1, 0.15) is 0 Å². The summed E-state index contributed by atoms with van der Waals surface area (Å²) < 4.78 is 5.96. The predicted octanol–water partition coefficient (Wildman–Crippen LogP) is 3.94. The molecule has 1 aromatic carbocycles. The molecule has 0 amide bonds. The number of furan rings is 1. The Kier molecular flexibility index (Phi) is 3.37. The van der Waals surface area contributed by atoms with Crippen LogP contribution in [-0.4, -0.2) is 5.78 Å². The van der Waals surface area contributed by atoms with Gasteiger partial charge in [-0.1, -0.05) is 34.1 Å². The molecule has 80 valence electrons. The van der Waals surface area contributed by atoms with Crippen LogP contribution in [0.4, 0.5) is 0 Å². The Bertz CT molecular complexity index is 512. The lowest BCUT2D eigenvalue weighted by Crippen LogP contribution is -1.90. The number of carbonyl (C=O) groups excluding carboxylic acids is 1. The summed E-state index contributed by atoms with van der Waals surface area (Å²) in [5.74, 6) is 0.212. The van der Waals surface area contributed by atoms with E-state index in [1.807, 2.05) is 24.3 Å². The van der Waals surface area contributed by atoms with Crippen molar-refractivity contribution >= 4 is 27.8 Å². The molecular weight excluding hydrogens is 268 g/mol. The maximum absolute atomic E-state index is 11.6. The van der Waals surface area contributed by atoms with Crippen LogP contribution in [0.15, 0.2) is 57.6 Å². The van der Waals surface area contributed by atoms with Crippen molar-refractivity contribution in [3.05, 3.63) is 64.5 Å². The molecule has 0 fully saturated rings. The normalized spacial score (nSPS) is 10.8. The van der Waals surface area contributed by atoms with Crippen LogP contribution in [-0.2, 0) is 0 Å². The fourth-order valence-electron chi connectivity index (χ4n) is 1.28. The van der Waals surface area contributed by atoms with Gasteiger partial charge in [0.05, 0.1) is 6.26 Å². The zero-order valence-corrected chi connectivity index (χ0v) is 9.98. The van der Waals surface area contributed by atoms with Crippen molar-refractivity contribution in [3.63, 3.8) is 0 Å². The molecule has 1 heterocycles. The van der Waals surface area contributed by atoms with Gasteiger partial charge < -0.3 is 4.42 Å². The van der Waals surface area contributed by atoms with Crippen molar-refractivity contribution in [3.8, 4) is 0 Å². The Morgan fingerprint density at radius 1 is 1.19 bits per heavy atom. The molecule has 16 heavy (non-hydrogen) atoms. The number of hydrogen-bond donors (Lipinski definition) is 0. The number of benzene rings is 1. The first kappa shape index (κ1) is 10.9. The molecule has 0 saturated carbocycles. The fourth-order valence-corrected chi connectivity index (χ4v) is 1.69. The standard InChI is InChI=1S/C13H9BrO2/c14-11-5-2-1-4-10(11)7-8-12(15)13-6-3-9-16-13/h1-9H/b8-7+. The van der Waals surface area contributed by atoms with E-state index in [2.05, 4.69) is 15.9 Å². The van der Waals surface area contributed by atoms with E-state index >= 15 is 0 Å². The highest BCUT2D eigenvalue weighted by molar-refractivity contribution is 9.10. The molecular formula is C13H9BrO2. The minimum absolute atomic E-state index is 0.138. The van der Waals surface area contributed by atoms with Gasteiger partial charge in [-0.15, -0.1) is 0 Å². The third-order valence-electron chi connectivity index (χ3n) is 2.08. The van der Waals surface area contributed by atoms with Crippen LogP contribution < -0.4 is 0 Å². The van der Waals surface area contributed by atoms with E-state index in [1.165, 1.54) is 12.3 Å². The Hall–Kier alpha value is -1.61. The van der Waals surface area contributed by atoms with E-state index in [9.17, 15) is 4.79 Å². The summed E-state index contributed by atoms with van der Waals surface area (Å²) in [7, 11) is 0. The molecule has 0 aliphatic rings. The lowest BCUT2D eigenvalue weighted by atomic mass is 10.2. The van der Waals surface area contributed by atoms with Gasteiger partial charge in [-0.2, -0.15) is 0 Å². The molecule has 0 aliphatic heterocycles. The van der Waals surface area contributed by atoms with Gasteiger partial charge in [-0.25, -0.2) is 0 Å². The van der Waals surface area contributed by atoms with Gasteiger partial charge in [-0.05, 0) is 35.9 Å². The number of halogens is 1. The smallest absolute Gasteiger partial charge is 0.221 e. The summed E-state index contributed by atoms with van der Waals surface area (Å²) >= 11 is 3.41. The SMILES string of the molecule is O=C(/C=C/c1ccccc1Br)c1ccco1. The first-order chi connectivity index (χ1) is 7.77. The van der Waals surface area contributed by atoms with Gasteiger partial charge in [-0.3, -0.25) is 4.79 Å². The quantitative estimate of drug-likeness (QED) is 0.628. The van der Waals surface area contributed by atoms with Gasteiger partial charge in [0, 0.05) is 4.47 Å². The maximum atomic E-state index is 11.6. The van der Waals surface area contributed by atoms with E-state index in [4.69, 9.17) is 4.42 Å². The summed E-state index contributed by atoms with van der Waals surface area (Å²) in [6.07, 6.45) is 4.74. The summed E-state index contributed by atoms with van der Waals surface area (Å²) in [5.41, 5.74) is 0.961. The van der Waals surface area contributed by atoms with E-state index in [0.29, 0.717) is 5.76 Å². The maximum Gasteiger partial charge on any atom is 0.221 e. The molecule has 0 bridgehead atoms. The van der Waals surface area contributed by atoms with E-state index < -0.39 is 0 Å². The van der Waals surface area contributed by atoms with Crippen molar-refractivity contribution in [2.24, 2.45) is 0 Å². The molecule has 0 unspecified atom stereocenters. The Labute approximate surface area is 102 Å².